The normalized spacial score (nSPS) is 21.4. The molecule has 0 saturated carbocycles. The molecular formula is C16H31NO3Si. The lowest BCUT2D eigenvalue weighted by molar-refractivity contribution is -0.140. The molecule has 0 radical (unpaired) electrons. The average Bonchev–Trinajstić information content (AvgIpc) is 2.84. The first kappa shape index (κ1) is 18.4. The Bertz CT molecular complexity index is 376. The molecule has 5 heteroatoms. The summed E-state index contributed by atoms with van der Waals surface area (Å²) in [7, 11) is -2.01. The van der Waals surface area contributed by atoms with Crippen molar-refractivity contribution in [2.45, 2.75) is 70.3 Å². The molecular weight excluding hydrogens is 282 g/mol. The molecule has 0 spiro atoms. The summed E-state index contributed by atoms with van der Waals surface area (Å²) in [5, 5.41) is 9.48. The van der Waals surface area contributed by atoms with Gasteiger partial charge in [0.1, 0.15) is 6.10 Å². The first-order valence-corrected chi connectivity index (χ1v) is 10.7. The molecule has 1 rings (SSSR count). The number of aliphatic hydroxyl groups is 1. The van der Waals surface area contributed by atoms with E-state index in [1.165, 1.54) is 0 Å². The predicted molar refractivity (Wildman–Crippen MR) is 88.7 cm³/mol. The highest BCUT2D eigenvalue weighted by Crippen LogP contribution is 2.38. The van der Waals surface area contributed by atoms with Crippen LogP contribution in [0, 0.1) is 0 Å². The lowest BCUT2D eigenvalue weighted by Crippen LogP contribution is -2.51. The molecule has 4 nitrogen and oxygen atoms in total. The second kappa shape index (κ2) is 7.07. The summed E-state index contributed by atoms with van der Waals surface area (Å²) < 4.78 is 6.30. The topological polar surface area (TPSA) is 49.8 Å². The molecule has 0 aromatic rings. The van der Waals surface area contributed by atoms with Crippen molar-refractivity contribution in [1.82, 2.24) is 4.90 Å². The van der Waals surface area contributed by atoms with Crippen LogP contribution >= 0.6 is 0 Å². The van der Waals surface area contributed by atoms with Crippen molar-refractivity contribution >= 4 is 14.2 Å². The van der Waals surface area contributed by atoms with Crippen molar-refractivity contribution in [3.05, 3.63) is 12.7 Å². The fourth-order valence-corrected chi connectivity index (χ4v) is 3.65. The average molecular weight is 314 g/mol. The van der Waals surface area contributed by atoms with Gasteiger partial charge in [-0.3, -0.25) is 4.79 Å². The lowest BCUT2D eigenvalue weighted by Gasteiger charge is -2.40. The Morgan fingerprint density at radius 2 is 2.14 bits per heavy atom. The first-order chi connectivity index (χ1) is 9.64. The van der Waals surface area contributed by atoms with E-state index in [-0.39, 0.29) is 23.6 Å². The Morgan fingerprint density at radius 1 is 1.52 bits per heavy atom. The maximum absolute atomic E-state index is 12.8. The molecule has 1 amide bonds. The van der Waals surface area contributed by atoms with Gasteiger partial charge in [-0.05, 0) is 37.4 Å². The predicted octanol–water partition coefficient (Wildman–Crippen LogP) is 2.94. The Morgan fingerprint density at radius 3 is 2.62 bits per heavy atom. The number of nitrogens with zero attached hydrogens (tertiary/aromatic N) is 1. The molecule has 1 aliphatic rings. The quantitative estimate of drug-likeness (QED) is 0.606. The molecule has 1 saturated heterocycles. The van der Waals surface area contributed by atoms with Crippen molar-refractivity contribution in [2.75, 3.05) is 13.2 Å². The molecule has 1 N–H and O–H groups in total. The zero-order valence-corrected chi connectivity index (χ0v) is 15.2. The second-order valence-corrected chi connectivity index (χ2v) is 12.2. The molecule has 0 aliphatic carbocycles. The number of aliphatic hydroxyl groups excluding tert-OH is 1. The van der Waals surface area contributed by atoms with E-state index in [1.54, 1.807) is 11.0 Å². The fourth-order valence-electron chi connectivity index (χ4n) is 2.38. The summed E-state index contributed by atoms with van der Waals surface area (Å²) in [5.74, 6) is 0.0104. The summed E-state index contributed by atoms with van der Waals surface area (Å²) in [4.78, 5) is 14.6. The highest BCUT2D eigenvalue weighted by atomic mass is 28.4. The summed E-state index contributed by atoms with van der Waals surface area (Å²) in [5.41, 5.74) is 0. The highest BCUT2D eigenvalue weighted by molar-refractivity contribution is 6.74. The number of carbonyl (C=O) groups is 1. The van der Waals surface area contributed by atoms with E-state index in [2.05, 4.69) is 40.4 Å². The van der Waals surface area contributed by atoms with Gasteiger partial charge in [-0.25, -0.2) is 0 Å². The molecule has 1 fully saturated rings. The number of carbonyl (C=O) groups excluding carboxylic acids is 1. The number of rotatable bonds is 6. The van der Waals surface area contributed by atoms with Crippen LogP contribution in [-0.2, 0) is 9.22 Å². The van der Waals surface area contributed by atoms with Crippen molar-refractivity contribution in [2.24, 2.45) is 0 Å². The van der Waals surface area contributed by atoms with E-state index in [4.69, 9.17) is 4.43 Å². The van der Waals surface area contributed by atoms with Crippen LogP contribution in [-0.4, -0.2) is 49.5 Å². The Balaban J connectivity index is 2.86. The van der Waals surface area contributed by atoms with Gasteiger partial charge in [0.2, 0.25) is 0 Å². The van der Waals surface area contributed by atoms with E-state index in [9.17, 15) is 9.90 Å². The van der Waals surface area contributed by atoms with Crippen molar-refractivity contribution < 1.29 is 14.3 Å². The van der Waals surface area contributed by atoms with Crippen LogP contribution < -0.4 is 0 Å². The Kier molecular flexibility index (Phi) is 6.19. The van der Waals surface area contributed by atoms with Gasteiger partial charge in [0, 0.05) is 6.54 Å². The fraction of sp³-hybridized carbons (Fsp3) is 0.812. The summed E-state index contributed by atoms with van der Waals surface area (Å²) in [6.45, 7) is 15.3. The van der Waals surface area contributed by atoms with E-state index < -0.39 is 14.4 Å². The number of hydrogen-bond donors (Lipinski definition) is 1. The maximum Gasteiger partial charge on any atom is 0.251 e. The van der Waals surface area contributed by atoms with E-state index in [1.807, 2.05) is 0 Å². The minimum Gasteiger partial charge on any atom is -0.405 e. The Labute approximate surface area is 130 Å². The van der Waals surface area contributed by atoms with Gasteiger partial charge in [-0.15, -0.1) is 6.58 Å². The molecule has 1 aliphatic heterocycles. The van der Waals surface area contributed by atoms with Crippen LogP contribution in [0.25, 0.3) is 0 Å². The molecule has 2 atom stereocenters. The van der Waals surface area contributed by atoms with E-state index in [0.717, 1.165) is 19.4 Å². The van der Waals surface area contributed by atoms with Gasteiger partial charge in [-0.1, -0.05) is 26.8 Å². The van der Waals surface area contributed by atoms with E-state index in [0.29, 0.717) is 6.42 Å². The van der Waals surface area contributed by atoms with Gasteiger partial charge >= 0.3 is 0 Å². The number of amides is 1. The minimum atomic E-state index is -2.01. The van der Waals surface area contributed by atoms with E-state index >= 15 is 0 Å². The SMILES string of the molecule is C=CC[C@@H](O[Si](C)(C)C(C)(C)C)C(=O)N1CCC[C@H]1CO. The highest BCUT2D eigenvalue weighted by Gasteiger charge is 2.42. The minimum absolute atomic E-state index is 0.0104. The zero-order chi connectivity index (χ0) is 16.3. The summed E-state index contributed by atoms with van der Waals surface area (Å²) in [6.07, 6.45) is 3.65. The van der Waals surface area contributed by atoms with Gasteiger partial charge in [0.05, 0.1) is 12.6 Å². The van der Waals surface area contributed by atoms with Gasteiger partial charge in [-0.2, -0.15) is 0 Å². The van der Waals surface area contributed by atoms with Crippen LogP contribution in [0.15, 0.2) is 12.7 Å². The second-order valence-electron chi connectivity index (χ2n) is 7.40. The van der Waals surface area contributed by atoms with Gasteiger partial charge in [0.15, 0.2) is 8.32 Å². The van der Waals surface area contributed by atoms with Crippen molar-refractivity contribution in [1.29, 1.82) is 0 Å². The molecule has 0 aromatic heterocycles. The van der Waals surface area contributed by atoms with Crippen LogP contribution in [0.4, 0.5) is 0 Å². The third kappa shape index (κ3) is 4.41. The van der Waals surface area contributed by atoms with Crippen LogP contribution in [0.1, 0.15) is 40.0 Å². The number of likely N-dealkylation sites (tertiary alicyclic amines) is 1. The van der Waals surface area contributed by atoms with Crippen LogP contribution in [0.2, 0.25) is 18.1 Å². The Hall–Kier alpha value is -0.653. The third-order valence-corrected chi connectivity index (χ3v) is 9.26. The number of hydrogen-bond acceptors (Lipinski definition) is 3. The molecule has 0 bridgehead atoms. The molecule has 122 valence electrons. The molecule has 0 unspecified atom stereocenters. The zero-order valence-electron chi connectivity index (χ0n) is 14.2. The lowest BCUT2D eigenvalue weighted by atomic mass is 10.2. The maximum atomic E-state index is 12.8. The molecule has 21 heavy (non-hydrogen) atoms. The molecule has 1 heterocycles. The summed E-state index contributed by atoms with van der Waals surface area (Å²) in [6, 6.07) is -0.0483. The van der Waals surface area contributed by atoms with Gasteiger partial charge < -0.3 is 14.4 Å². The van der Waals surface area contributed by atoms with Crippen molar-refractivity contribution in [3.8, 4) is 0 Å². The monoisotopic (exact) mass is 313 g/mol. The van der Waals surface area contributed by atoms with Crippen molar-refractivity contribution in [3.63, 3.8) is 0 Å². The van der Waals surface area contributed by atoms with Crippen LogP contribution in [0.3, 0.4) is 0 Å². The van der Waals surface area contributed by atoms with Gasteiger partial charge in [0.25, 0.3) is 5.91 Å². The largest absolute Gasteiger partial charge is 0.405 e. The first-order valence-electron chi connectivity index (χ1n) is 7.84. The van der Waals surface area contributed by atoms with Crippen LogP contribution in [0.5, 0.6) is 0 Å². The standard InChI is InChI=1S/C16H31NO3Si/c1-7-9-14(20-21(5,6)16(2,3)4)15(19)17-11-8-10-13(17)12-18/h7,13-14,18H,1,8-12H2,2-6H3/t13-,14+/m0/s1. The smallest absolute Gasteiger partial charge is 0.251 e. The third-order valence-electron chi connectivity index (χ3n) is 4.77. The molecule has 0 aromatic carbocycles. The summed E-state index contributed by atoms with van der Waals surface area (Å²) >= 11 is 0.